The molecule has 4 N–H and O–H groups in total. The van der Waals surface area contributed by atoms with Crippen LogP contribution in [0, 0.1) is 10.1 Å². The molecule has 1 heterocycles. The minimum Gasteiger partial charge on any atom is -0.395 e. The third kappa shape index (κ3) is 5.42. The first-order valence-corrected chi connectivity index (χ1v) is 6.94. The standard InChI is InChI=1S/C6H12N4O5S.C2H6/c11-2-1-8-16(14,15)5-9-4-7-3-6(9)10(12)13;1-2/h3-4,8,11,14-15H,1-2,5H2;1-2H3. The quantitative estimate of drug-likeness (QED) is 0.452. The fourth-order valence-corrected chi connectivity index (χ4v) is 2.11. The van der Waals surface area contributed by atoms with E-state index in [1.165, 1.54) is 0 Å². The van der Waals surface area contributed by atoms with Gasteiger partial charge >= 0.3 is 5.82 Å². The second-order valence-corrected chi connectivity index (χ2v) is 4.77. The molecule has 0 fully saturated rings. The van der Waals surface area contributed by atoms with Gasteiger partial charge in [0, 0.05) is 6.54 Å². The molecule has 10 heteroatoms. The van der Waals surface area contributed by atoms with Crippen molar-refractivity contribution in [2.45, 2.75) is 19.7 Å². The summed E-state index contributed by atoms with van der Waals surface area (Å²) < 4.78 is 22.2. The lowest BCUT2D eigenvalue weighted by atomic mass is 10.8. The van der Waals surface area contributed by atoms with E-state index in [1.54, 1.807) is 0 Å². The molecule has 0 spiro atoms. The van der Waals surface area contributed by atoms with Gasteiger partial charge in [-0.1, -0.05) is 24.6 Å². The van der Waals surface area contributed by atoms with Crippen LogP contribution in [0.4, 0.5) is 5.82 Å². The molecule has 106 valence electrons. The maximum atomic E-state index is 10.5. The van der Waals surface area contributed by atoms with Gasteiger partial charge in [-0.15, -0.1) is 0 Å². The fourth-order valence-electron chi connectivity index (χ4n) is 1.01. The minimum atomic E-state index is -3.21. The normalized spacial score (nSPS) is 11.6. The molecule has 0 saturated heterocycles. The Kier molecular flexibility index (Phi) is 7.47. The van der Waals surface area contributed by atoms with Crippen LogP contribution >= 0.6 is 10.8 Å². The molecular weight excluding hydrogens is 264 g/mol. The Labute approximate surface area is 106 Å². The van der Waals surface area contributed by atoms with Crippen LogP contribution in [0.1, 0.15) is 13.8 Å². The zero-order chi connectivity index (χ0) is 14.2. The number of hydrogen-bond donors (Lipinski definition) is 4. The fraction of sp³-hybridized carbons (Fsp3) is 0.625. The Morgan fingerprint density at radius 3 is 2.67 bits per heavy atom. The maximum Gasteiger partial charge on any atom is 0.343 e. The van der Waals surface area contributed by atoms with Gasteiger partial charge in [0.15, 0.2) is 12.2 Å². The second-order valence-electron chi connectivity index (χ2n) is 2.89. The van der Waals surface area contributed by atoms with Crippen LogP contribution in [0.2, 0.25) is 0 Å². The van der Waals surface area contributed by atoms with Crippen LogP contribution < -0.4 is 4.72 Å². The van der Waals surface area contributed by atoms with E-state index in [0.717, 1.165) is 17.1 Å². The van der Waals surface area contributed by atoms with E-state index in [9.17, 15) is 19.2 Å². The number of nitrogens with one attached hydrogen (secondary N) is 1. The third-order valence-electron chi connectivity index (χ3n) is 1.64. The molecule has 0 bridgehead atoms. The number of nitro groups is 1. The maximum absolute atomic E-state index is 10.5. The van der Waals surface area contributed by atoms with Crippen molar-refractivity contribution in [2.75, 3.05) is 13.2 Å². The SMILES string of the molecule is CC.O=[N+]([O-])c1cncn1CS(O)(O)NCCO. The summed E-state index contributed by atoms with van der Waals surface area (Å²) in [6.07, 6.45) is 2.15. The number of nitrogens with zero attached hydrogens (tertiary/aromatic N) is 3. The summed E-state index contributed by atoms with van der Waals surface area (Å²) in [7, 11) is -3.21. The molecule has 0 amide bonds. The van der Waals surface area contributed by atoms with Gasteiger partial charge < -0.3 is 15.2 Å². The molecule has 0 radical (unpaired) electrons. The molecule has 0 aliphatic heterocycles. The molecule has 0 unspecified atom stereocenters. The molecule has 1 aromatic rings. The average molecular weight is 282 g/mol. The summed E-state index contributed by atoms with van der Waals surface area (Å²) in [6.45, 7) is 3.73. The van der Waals surface area contributed by atoms with Crippen molar-refractivity contribution in [2.24, 2.45) is 0 Å². The highest BCUT2D eigenvalue weighted by atomic mass is 32.3. The summed E-state index contributed by atoms with van der Waals surface area (Å²) in [4.78, 5) is 13.4. The summed E-state index contributed by atoms with van der Waals surface area (Å²) in [5.74, 6) is -0.714. The van der Waals surface area contributed by atoms with Crippen molar-refractivity contribution >= 4 is 16.6 Å². The highest BCUT2D eigenvalue weighted by Gasteiger charge is 2.20. The van der Waals surface area contributed by atoms with Gasteiger partial charge in [0.2, 0.25) is 0 Å². The van der Waals surface area contributed by atoms with Crippen LogP contribution in [-0.4, -0.2) is 41.8 Å². The number of imidazole rings is 1. The zero-order valence-corrected chi connectivity index (χ0v) is 11.0. The average Bonchev–Trinajstić information content (AvgIpc) is 2.76. The van der Waals surface area contributed by atoms with Gasteiger partial charge in [0.25, 0.3) is 0 Å². The first kappa shape index (κ1) is 16.8. The number of aromatic nitrogens is 2. The van der Waals surface area contributed by atoms with E-state index in [-0.39, 0.29) is 24.8 Å². The van der Waals surface area contributed by atoms with Crippen LogP contribution in [-0.2, 0) is 5.88 Å². The number of aliphatic hydroxyl groups is 1. The molecule has 1 rings (SSSR count). The van der Waals surface area contributed by atoms with Gasteiger partial charge in [0.1, 0.15) is 6.20 Å². The van der Waals surface area contributed by atoms with Gasteiger partial charge in [-0.05, 0) is 4.92 Å². The van der Waals surface area contributed by atoms with Crippen molar-refractivity contribution in [1.82, 2.24) is 14.3 Å². The van der Waals surface area contributed by atoms with Crippen molar-refractivity contribution in [3.05, 3.63) is 22.6 Å². The van der Waals surface area contributed by atoms with Crippen LogP contribution in [0.3, 0.4) is 0 Å². The zero-order valence-electron chi connectivity index (χ0n) is 10.2. The molecule has 18 heavy (non-hydrogen) atoms. The van der Waals surface area contributed by atoms with Crippen molar-refractivity contribution < 1.29 is 19.1 Å². The van der Waals surface area contributed by atoms with Crippen molar-refractivity contribution in [3.63, 3.8) is 0 Å². The van der Waals surface area contributed by atoms with E-state index < -0.39 is 15.7 Å². The van der Waals surface area contributed by atoms with Crippen LogP contribution in [0.25, 0.3) is 0 Å². The minimum absolute atomic E-state index is 0.00910. The van der Waals surface area contributed by atoms with E-state index in [2.05, 4.69) is 9.71 Å². The summed E-state index contributed by atoms with van der Waals surface area (Å²) in [6, 6.07) is 0. The molecule has 0 aliphatic rings. The van der Waals surface area contributed by atoms with Crippen LogP contribution in [0.15, 0.2) is 12.5 Å². The van der Waals surface area contributed by atoms with Crippen LogP contribution in [0.5, 0.6) is 0 Å². The van der Waals surface area contributed by atoms with Gasteiger partial charge in [-0.3, -0.25) is 9.11 Å². The van der Waals surface area contributed by atoms with E-state index >= 15 is 0 Å². The van der Waals surface area contributed by atoms with Gasteiger partial charge in [0.05, 0.1) is 6.61 Å². The topological polar surface area (TPSA) is 134 Å². The number of aliphatic hydroxyl groups excluding tert-OH is 1. The Bertz CT molecular complexity index is 370. The number of rotatable bonds is 6. The molecule has 0 aliphatic carbocycles. The first-order valence-electron chi connectivity index (χ1n) is 5.22. The summed E-state index contributed by atoms with van der Waals surface area (Å²) >= 11 is 0. The van der Waals surface area contributed by atoms with Crippen molar-refractivity contribution in [3.8, 4) is 0 Å². The molecule has 0 aromatic carbocycles. The smallest absolute Gasteiger partial charge is 0.343 e. The van der Waals surface area contributed by atoms with Gasteiger partial charge in [-0.25, -0.2) is 9.71 Å². The third-order valence-corrected chi connectivity index (χ3v) is 2.95. The lowest BCUT2D eigenvalue weighted by Gasteiger charge is -2.30. The highest BCUT2D eigenvalue weighted by molar-refractivity contribution is 8.21. The summed E-state index contributed by atoms with van der Waals surface area (Å²) in [5, 5.41) is 19.0. The predicted octanol–water partition coefficient (Wildman–Crippen LogP) is 1.02. The van der Waals surface area contributed by atoms with Gasteiger partial charge in [-0.2, -0.15) is 4.57 Å². The van der Waals surface area contributed by atoms with E-state index in [1.807, 2.05) is 13.8 Å². The Morgan fingerprint density at radius 1 is 1.56 bits per heavy atom. The highest BCUT2D eigenvalue weighted by Crippen LogP contribution is 2.36. The Balaban J connectivity index is 0.00000137. The molecule has 0 atom stereocenters. The van der Waals surface area contributed by atoms with E-state index in [0.29, 0.717) is 0 Å². The largest absolute Gasteiger partial charge is 0.395 e. The molecule has 0 saturated carbocycles. The lowest BCUT2D eigenvalue weighted by Crippen LogP contribution is -2.26. The Hall–Kier alpha value is -1.20. The van der Waals surface area contributed by atoms with Crippen molar-refractivity contribution in [1.29, 1.82) is 0 Å². The predicted molar refractivity (Wildman–Crippen MR) is 68.2 cm³/mol. The lowest BCUT2D eigenvalue weighted by molar-refractivity contribution is -0.391. The molecule has 9 nitrogen and oxygen atoms in total. The van der Waals surface area contributed by atoms with E-state index in [4.69, 9.17) is 5.11 Å². The molecular formula is C8H18N4O5S. The number of hydrogen-bond acceptors (Lipinski definition) is 7. The Morgan fingerprint density at radius 2 is 2.17 bits per heavy atom. The monoisotopic (exact) mass is 282 g/mol. The summed E-state index contributed by atoms with van der Waals surface area (Å²) in [5.41, 5.74) is 0. The molecule has 1 aromatic heterocycles. The first-order chi connectivity index (χ1) is 8.46. The second kappa shape index (κ2) is 8.00.